The smallest absolute Gasteiger partial charge is 0.0491 e. The highest BCUT2D eigenvalue weighted by molar-refractivity contribution is 7.84. The van der Waals surface area contributed by atoms with Gasteiger partial charge in [-0.1, -0.05) is 31.2 Å². The molecule has 1 aromatic rings. The van der Waals surface area contributed by atoms with Gasteiger partial charge in [-0.15, -0.1) is 0 Å². The van der Waals surface area contributed by atoms with E-state index in [0.717, 1.165) is 6.54 Å². The summed E-state index contributed by atoms with van der Waals surface area (Å²) in [6, 6.07) is 8.47. The number of hydrogen-bond acceptors (Lipinski definition) is 2. The number of nitrogens with one attached hydrogen (secondary N) is 1. The molecule has 0 aliphatic heterocycles. The number of aryl methyl sites for hydroxylation is 1. The number of hydrogen-bond donors (Lipinski definition) is 1. The molecule has 1 aromatic carbocycles. The van der Waals surface area contributed by atoms with Gasteiger partial charge in [-0.05, 0) is 38.4 Å². The van der Waals surface area contributed by atoms with Crippen LogP contribution in [0.4, 0.5) is 0 Å². The first kappa shape index (κ1) is 14.4. The molecule has 0 saturated carbocycles. The van der Waals surface area contributed by atoms with E-state index in [1.54, 1.807) is 0 Å². The van der Waals surface area contributed by atoms with E-state index in [1.165, 1.54) is 11.1 Å². The highest BCUT2D eigenvalue weighted by atomic mass is 32.2. The van der Waals surface area contributed by atoms with Gasteiger partial charge in [0.25, 0.3) is 0 Å². The fourth-order valence-electron chi connectivity index (χ4n) is 1.77. The lowest BCUT2D eigenvalue weighted by Gasteiger charge is -2.20. The van der Waals surface area contributed by atoms with Crippen molar-refractivity contribution < 1.29 is 4.21 Å². The van der Waals surface area contributed by atoms with Crippen LogP contribution in [-0.2, 0) is 16.6 Å². The lowest BCUT2D eigenvalue weighted by atomic mass is 10.1. The molecule has 96 valence electrons. The molecule has 17 heavy (non-hydrogen) atoms. The van der Waals surface area contributed by atoms with Crippen molar-refractivity contribution in [3.05, 3.63) is 35.4 Å². The predicted molar refractivity (Wildman–Crippen MR) is 75.6 cm³/mol. The van der Waals surface area contributed by atoms with Crippen LogP contribution in [0.5, 0.6) is 0 Å². The van der Waals surface area contributed by atoms with Gasteiger partial charge in [0.1, 0.15) is 0 Å². The minimum absolute atomic E-state index is 0.176. The fraction of sp³-hybridized carbons (Fsp3) is 0.571. The van der Waals surface area contributed by atoms with Crippen molar-refractivity contribution in [1.29, 1.82) is 0 Å². The monoisotopic (exact) mass is 253 g/mol. The largest absolute Gasteiger partial charge is 0.313 e. The highest BCUT2D eigenvalue weighted by Crippen LogP contribution is 2.13. The third-order valence-corrected chi connectivity index (χ3v) is 5.04. The standard InChI is InChI=1S/C14H23NOS/c1-5-15-12(3)13(4)17(16)10-14-9-7-6-8-11(14)2/h6-9,12-13,15H,5,10H2,1-4H3. The van der Waals surface area contributed by atoms with E-state index in [-0.39, 0.29) is 5.25 Å². The van der Waals surface area contributed by atoms with Crippen molar-refractivity contribution in [3.8, 4) is 0 Å². The maximum Gasteiger partial charge on any atom is 0.0491 e. The quantitative estimate of drug-likeness (QED) is 0.844. The van der Waals surface area contributed by atoms with Crippen molar-refractivity contribution in [2.75, 3.05) is 6.54 Å². The second-order valence-electron chi connectivity index (χ2n) is 4.50. The molecule has 1 N–H and O–H groups in total. The van der Waals surface area contributed by atoms with E-state index < -0.39 is 10.8 Å². The molecule has 3 unspecified atom stereocenters. The third-order valence-electron chi connectivity index (χ3n) is 3.20. The van der Waals surface area contributed by atoms with Gasteiger partial charge in [0.15, 0.2) is 0 Å². The fourth-order valence-corrected chi connectivity index (χ4v) is 3.22. The summed E-state index contributed by atoms with van der Waals surface area (Å²) in [6.45, 7) is 9.23. The molecule has 0 saturated heterocycles. The van der Waals surface area contributed by atoms with Crippen LogP contribution in [0.15, 0.2) is 24.3 Å². The summed E-state index contributed by atoms with van der Waals surface area (Å²) in [7, 11) is -0.820. The van der Waals surface area contributed by atoms with Gasteiger partial charge in [0, 0.05) is 27.8 Å². The molecular formula is C14H23NOS. The molecule has 0 aliphatic rings. The molecule has 3 atom stereocenters. The molecule has 0 bridgehead atoms. The topological polar surface area (TPSA) is 29.1 Å². The van der Waals surface area contributed by atoms with Crippen LogP contribution in [0.1, 0.15) is 31.9 Å². The van der Waals surface area contributed by atoms with Gasteiger partial charge in [-0.2, -0.15) is 0 Å². The second kappa shape index (κ2) is 6.92. The second-order valence-corrected chi connectivity index (χ2v) is 6.30. The van der Waals surface area contributed by atoms with Crippen molar-refractivity contribution >= 4 is 10.8 Å². The molecule has 0 amide bonds. The zero-order valence-corrected chi connectivity index (χ0v) is 12.0. The van der Waals surface area contributed by atoms with Gasteiger partial charge < -0.3 is 5.32 Å². The molecule has 3 heteroatoms. The molecule has 0 heterocycles. The minimum Gasteiger partial charge on any atom is -0.313 e. The van der Waals surface area contributed by atoms with E-state index in [0.29, 0.717) is 11.8 Å². The van der Waals surface area contributed by atoms with E-state index in [9.17, 15) is 4.21 Å². The van der Waals surface area contributed by atoms with Crippen LogP contribution in [0.3, 0.4) is 0 Å². The summed E-state index contributed by atoms with van der Waals surface area (Å²) in [4.78, 5) is 0. The summed E-state index contributed by atoms with van der Waals surface area (Å²) in [5.41, 5.74) is 2.42. The Labute approximate surface area is 107 Å². The Bertz CT molecular complexity index is 378. The molecule has 0 aliphatic carbocycles. The Morgan fingerprint density at radius 1 is 1.29 bits per heavy atom. The van der Waals surface area contributed by atoms with Crippen molar-refractivity contribution in [3.63, 3.8) is 0 Å². The van der Waals surface area contributed by atoms with Gasteiger partial charge in [0.2, 0.25) is 0 Å². The Balaban J connectivity index is 2.63. The van der Waals surface area contributed by atoms with E-state index in [1.807, 2.05) is 12.1 Å². The SMILES string of the molecule is CCNC(C)C(C)S(=O)Cc1ccccc1C. The molecule has 1 rings (SSSR count). The zero-order chi connectivity index (χ0) is 12.8. The average Bonchev–Trinajstić information content (AvgIpc) is 2.31. The van der Waals surface area contributed by atoms with Crippen LogP contribution < -0.4 is 5.32 Å². The lowest BCUT2D eigenvalue weighted by Crippen LogP contribution is -2.38. The first-order chi connectivity index (χ1) is 8.06. The summed E-state index contributed by atoms with van der Waals surface area (Å²) in [5, 5.41) is 3.51. The van der Waals surface area contributed by atoms with Crippen LogP contribution >= 0.6 is 0 Å². The van der Waals surface area contributed by atoms with Gasteiger partial charge >= 0.3 is 0 Å². The molecule has 0 radical (unpaired) electrons. The number of benzene rings is 1. The van der Waals surface area contributed by atoms with Gasteiger partial charge in [-0.3, -0.25) is 4.21 Å². The Morgan fingerprint density at radius 2 is 1.94 bits per heavy atom. The Kier molecular flexibility index (Phi) is 5.86. The molecular weight excluding hydrogens is 230 g/mol. The zero-order valence-electron chi connectivity index (χ0n) is 11.2. The third kappa shape index (κ3) is 4.25. The number of rotatable bonds is 6. The lowest BCUT2D eigenvalue weighted by molar-refractivity contribution is 0.549. The van der Waals surface area contributed by atoms with Crippen LogP contribution in [0.2, 0.25) is 0 Å². The summed E-state index contributed by atoms with van der Waals surface area (Å²) in [5.74, 6) is 0.656. The molecule has 0 fully saturated rings. The molecule has 2 nitrogen and oxygen atoms in total. The van der Waals surface area contributed by atoms with Crippen molar-refractivity contribution in [1.82, 2.24) is 5.32 Å². The van der Waals surface area contributed by atoms with Gasteiger partial charge in [-0.25, -0.2) is 0 Å². The molecule has 0 aromatic heterocycles. The predicted octanol–water partition coefficient (Wildman–Crippen LogP) is 2.63. The summed E-state index contributed by atoms with van der Waals surface area (Å²) >= 11 is 0. The maximum atomic E-state index is 12.3. The average molecular weight is 253 g/mol. The van der Waals surface area contributed by atoms with Crippen molar-refractivity contribution in [2.24, 2.45) is 0 Å². The first-order valence-electron chi connectivity index (χ1n) is 6.21. The normalized spacial score (nSPS) is 16.5. The molecule has 0 spiro atoms. The maximum absolute atomic E-state index is 12.3. The minimum atomic E-state index is -0.820. The summed E-state index contributed by atoms with van der Waals surface area (Å²) < 4.78 is 12.3. The Morgan fingerprint density at radius 3 is 2.53 bits per heavy atom. The van der Waals surface area contributed by atoms with E-state index in [4.69, 9.17) is 0 Å². The summed E-state index contributed by atoms with van der Waals surface area (Å²) in [6.07, 6.45) is 0. The van der Waals surface area contributed by atoms with E-state index in [2.05, 4.69) is 45.1 Å². The Hall–Kier alpha value is -0.670. The van der Waals surface area contributed by atoms with Crippen molar-refractivity contribution in [2.45, 2.75) is 44.7 Å². The van der Waals surface area contributed by atoms with E-state index >= 15 is 0 Å². The van der Waals surface area contributed by atoms with Crippen LogP contribution in [-0.4, -0.2) is 22.0 Å². The van der Waals surface area contributed by atoms with Crippen LogP contribution in [0.25, 0.3) is 0 Å². The first-order valence-corrected chi connectivity index (χ1v) is 7.59. The van der Waals surface area contributed by atoms with Crippen LogP contribution in [0, 0.1) is 6.92 Å². The van der Waals surface area contributed by atoms with Gasteiger partial charge in [0.05, 0.1) is 0 Å². The highest BCUT2D eigenvalue weighted by Gasteiger charge is 2.18.